The zero-order valence-corrected chi connectivity index (χ0v) is 20.3. The first-order valence-corrected chi connectivity index (χ1v) is 12.6. The molecule has 5 heteroatoms. The Hall–Kier alpha value is -3.62. The van der Waals surface area contributed by atoms with Crippen molar-refractivity contribution in [3.8, 4) is 11.8 Å². The van der Waals surface area contributed by atoms with E-state index in [-0.39, 0.29) is 16.3 Å². The Kier molecular flexibility index (Phi) is 6.45. The molecule has 1 aliphatic rings. The summed E-state index contributed by atoms with van der Waals surface area (Å²) in [5.41, 5.74) is 3.46. The van der Waals surface area contributed by atoms with Crippen molar-refractivity contribution in [3.05, 3.63) is 107 Å². The first kappa shape index (κ1) is 23.5. The quantitative estimate of drug-likeness (QED) is 0.359. The Labute approximate surface area is 201 Å². The van der Waals surface area contributed by atoms with Crippen molar-refractivity contribution in [1.29, 1.82) is 0 Å². The van der Waals surface area contributed by atoms with Gasteiger partial charge in [0, 0.05) is 11.1 Å². The van der Waals surface area contributed by atoms with E-state index in [1.165, 1.54) is 0 Å². The summed E-state index contributed by atoms with van der Waals surface area (Å²) in [6, 6.07) is 21.2. The van der Waals surface area contributed by atoms with Crippen molar-refractivity contribution in [2.24, 2.45) is 0 Å². The number of benzene rings is 3. The lowest BCUT2D eigenvalue weighted by molar-refractivity contribution is 0.0526. The van der Waals surface area contributed by atoms with Gasteiger partial charge in [0.2, 0.25) is 9.84 Å². The van der Waals surface area contributed by atoms with Crippen LogP contribution in [0.5, 0.6) is 0 Å². The van der Waals surface area contributed by atoms with Gasteiger partial charge in [0.15, 0.2) is 0 Å². The zero-order chi connectivity index (χ0) is 24.3. The fraction of sp³-hybridized carbons (Fsp3) is 0.207. The smallest absolute Gasteiger partial charge is 0.338 e. The minimum absolute atomic E-state index is 0.181. The second-order valence-corrected chi connectivity index (χ2v) is 10.7. The second kappa shape index (κ2) is 9.32. The molecule has 0 saturated carbocycles. The summed E-state index contributed by atoms with van der Waals surface area (Å²) in [5, 5.41) is 0. The number of carbonyl (C=O) groups is 1. The highest BCUT2D eigenvalue weighted by molar-refractivity contribution is 8.00. The lowest BCUT2D eigenvalue weighted by Gasteiger charge is -2.32. The Morgan fingerprint density at radius 3 is 2.26 bits per heavy atom. The average molecular weight is 471 g/mol. The van der Waals surface area contributed by atoms with Crippen molar-refractivity contribution in [2.45, 2.75) is 37.5 Å². The molecule has 4 nitrogen and oxygen atoms in total. The highest BCUT2D eigenvalue weighted by Crippen LogP contribution is 2.42. The van der Waals surface area contributed by atoms with E-state index in [0.717, 1.165) is 16.7 Å². The molecule has 0 radical (unpaired) electrons. The van der Waals surface area contributed by atoms with Gasteiger partial charge in [-0.3, -0.25) is 0 Å². The largest absolute Gasteiger partial charge is 0.462 e. The van der Waals surface area contributed by atoms with Crippen LogP contribution < -0.4 is 0 Å². The Bertz CT molecular complexity index is 1420. The molecule has 3 aromatic rings. The van der Waals surface area contributed by atoms with Gasteiger partial charge in [-0.2, -0.15) is 0 Å². The predicted molar refractivity (Wildman–Crippen MR) is 134 cm³/mol. The van der Waals surface area contributed by atoms with Crippen LogP contribution in [-0.4, -0.2) is 21.0 Å². The van der Waals surface area contributed by atoms with Crippen molar-refractivity contribution < 1.29 is 17.9 Å². The molecular formula is C29H26O4S. The van der Waals surface area contributed by atoms with Crippen LogP contribution in [0, 0.1) is 11.8 Å². The molecule has 0 spiro atoms. The molecule has 0 amide bonds. The molecule has 0 N–H and O–H groups in total. The lowest BCUT2D eigenvalue weighted by Crippen LogP contribution is -2.23. The molecule has 172 valence electrons. The SMILES string of the molecule is CCOC(=O)c1ccc(C#Cc2ccc3c(c2)C(S(=O)(=O)c2ccccc2)=CCC3(C)C)cc1. The maximum Gasteiger partial charge on any atom is 0.338 e. The number of esters is 1. The summed E-state index contributed by atoms with van der Waals surface area (Å²) < 4.78 is 31.9. The van der Waals surface area contributed by atoms with Gasteiger partial charge in [-0.25, -0.2) is 13.2 Å². The van der Waals surface area contributed by atoms with Crippen LogP contribution in [0.15, 0.2) is 83.8 Å². The summed E-state index contributed by atoms with van der Waals surface area (Å²) >= 11 is 0. The molecule has 0 atom stereocenters. The van der Waals surface area contributed by atoms with Crippen LogP contribution >= 0.6 is 0 Å². The molecule has 0 saturated heterocycles. The molecule has 0 bridgehead atoms. The normalized spacial score (nSPS) is 14.3. The van der Waals surface area contributed by atoms with Crippen molar-refractivity contribution in [1.82, 2.24) is 0 Å². The molecule has 0 aromatic heterocycles. The highest BCUT2D eigenvalue weighted by Gasteiger charge is 2.33. The molecule has 1 aliphatic carbocycles. The van der Waals surface area contributed by atoms with Gasteiger partial charge in [-0.15, -0.1) is 0 Å². The summed E-state index contributed by atoms with van der Waals surface area (Å²) in [4.78, 5) is 12.4. The molecular weight excluding hydrogens is 444 g/mol. The van der Waals surface area contributed by atoms with Crippen LogP contribution in [-0.2, 0) is 20.0 Å². The molecule has 3 aromatic carbocycles. The van der Waals surface area contributed by atoms with Gasteiger partial charge in [0.05, 0.1) is 22.0 Å². The van der Waals surface area contributed by atoms with E-state index in [2.05, 4.69) is 25.7 Å². The summed E-state index contributed by atoms with van der Waals surface area (Å²) in [7, 11) is -3.66. The third kappa shape index (κ3) is 4.69. The Morgan fingerprint density at radius 1 is 0.941 bits per heavy atom. The topological polar surface area (TPSA) is 60.4 Å². The minimum atomic E-state index is -3.66. The van der Waals surface area contributed by atoms with E-state index in [1.54, 1.807) is 61.5 Å². The van der Waals surface area contributed by atoms with Gasteiger partial charge in [-0.1, -0.05) is 56.0 Å². The molecule has 34 heavy (non-hydrogen) atoms. The summed E-state index contributed by atoms with van der Waals surface area (Å²) in [5.74, 6) is 5.87. The molecule has 0 heterocycles. The predicted octanol–water partition coefficient (Wildman–Crippen LogP) is 5.76. The zero-order valence-electron chi connectivity index (χ0n) is 19.5. The van der Waals surface area contributed by atoms with Crippen molar-refractivity contribution in [3.63, 3.8) is 0 Å². The number of allylic oxidation sites excluding steroid dienone is 1. The fourth-order valence-electron chi connectivity index (χ4n) is 4.01. The number of carbonyl (C=O) groups excluding carboxylic acids is 1. The monoisotopic (exact) mass is 470 g/mol. The van der Waals surface area contributed by atoms with Crippen LogP contribution in [0.4, 0.5) is 0 Å². The van der Waals surface area contributed by atoms with Crippen LogP contribution in [0.3, 0.4) is 0 Å². The van der Waals surface area contributed by atoms with Gasteiger partial charge < -0.3 is 4.74 Å². The van der Waals surface area contributed by atoms with E-state index in [0.29, 0.717) is 29.1 Å². The second-order valence-electron chi connectivity index (χ2n) is 8.78. The van der Waals surface area contributed by atoms with E-state index in [4.69, 9.17) is 4.74 Å². The average Bonchev–Trinajstić information content (AvgIpc) is 2.83. The maximum atomic E-state index is 13.4. The fourth-order valence-corrected chi connectivity index (χ4v) is 5.54. The summed E-state index contributed by atoms with van der Waals surface area (Å²) in [6.45, 7) is 6.32. The van der Waals surface area contributed by atoms with Gasteiger partial charge in [-0.05, 0) is 78.4 Å². The standard InChI is InChI=1S/C29H26O4S/c1-4-33-28(30)23-15-12-21(13-16-23)10-11-22-14-17-26-25(20-22)27(18-19-29(26,2)3)34(31,32)24-8-6-5-7-9-24/h5-9,12-18,20H,4,19H2,1-3H3. The summed E-state index contributed by atoms with van der Waals surface area (Å²) in [6.07, 6.45) is 2.47. The molecule has 0 fully saturated rings. The third-order valence-corrected chi connectivity index (χ3v) is 7.76. The highest BCUT2D eigenvalue weighted by atomic mass is 32.2. The number of sulfone groups is 1. The first-order valence-electron chi connectivity index (χ1n) is 11.2. The number of rotatable bonds is 4. The van der Waals surface area contributed by atoms with E-state index in [9.17, 15) is 13.2 Å². The van der Waals surface area contributed by atoms with Crippen LogP contribution in [0.25, 0.3) is 4.91 Å². The number of hydrogen-bond donors (Lipinski definition) is 0. The minimum Gasteiger partial charge on any atom is -0.462 e. The van der Waals surface area contributed by atoms with E-state index >= 15 is 0 Å². The lowest BCUT2D eigenvalue weighted by atomic mass is 9.75. The molecule has 0 aliphatic heterocycles. The van der Waals surface area contributed by atoms with Gasteiger partial charge in [0.1, 0.15) is 0 Å². The number of fused-ring (bicyclic) bond motifs is 1. The van der Waals surface area contributed by atoms with Crippen molar-refractivity contribution >= 4 is 20.7 Å². The Morgan fingerprint density at radius 2 is 1.59 bits per heavy atom. The maximum absolute atomic E-state index is 13.4. The molecule has 0 unspecified atom stereocenters. The first-order chi connectivity index (χ1) is 16.2. The third-order valence-electron chi connectivity index (χ3n) is 5.90. The Balaban J connectivity index is 1.70. The number of hydrogen-bond acceptors (Lipinski definition) is 4. The van der Waals surface area contributed by atoms with Crippen LogP contribution in [0.2, 0.25) is 0 Å². The van der Waals surface area contributed by atoms with Crippen molar-refractivity contribution in [2.75, 3.05) is 6.61 Å². The van der Waals surface area contributed by atoms with E-state index < -0.39 is 9.84 Å². The molecule has 4 rings (SSSR count). The number of ether oxygens (including phenoxy) is 1. The van der Waals surface area contributed by atoms with Crippen LogP contribution in [0.1, 0.15) is 59.8 Å². The van der Waals surface area contributed by atoms with Gasteiger partial charge >= 0.3 is 5.97 Å². The van der Waals surface area contributed by atoms with Gasteiger partial charge in [0.25, 0.3) is 0 Å². The van der Waals surface area contributed by atoms with E-state index in [1.807, 2.05) is 24.3 Å².